The molecule has 7 heteroatoms. The number of ether oxygens (including phenoxy) is 1. The second-order valence-electron chi connectivity index (χ2n) is 7.83. The maximum absolute atomic E-state index is 12.2. The maximum atomic E-state index is 12.2. The molecule has 0 unspecified atom stereocenters. The Morgan fingerprint density at radius 2 is 1.89 bits per heavy atom. The van der Waals surface area contributed by atoms with Crippen molar-refractivity contribution in [3.05, 3.63) is 35.9 Å². The van der Waals surface area contributed by atoms with Crippen molar-refractivity contribution in [2.24, 2.45) is 0 Å². The molecule has 0 radical (unpaired) electrons. The number of anilines is 1. The second kappa shape index (κ2) is 7.42. The molecule has 0 saturated carbocycles. The Hall–Kier alpha value is -2.83. The lowest BCUT2D eigenvalue weighted by atomic mass is 9.89. The van der Waals surface area contributed by atoms with Gasteiger partial charge in [0.1, 0.15) is 17.2 Å². The molecule has 7 nitrogen and oxygen atoms in total. The number of carbonyl (C=O) groups is 1. The van der Waals surface area contributed by atoms with Gasteiger partial charge >= 0.3 is 6.09 Å². The molecular formula is C20H26N4O3. The van der Waals surface area contributed by atoms with Crippen LogP contribution >= 0.6 is 0 Å². The van der Waals surface area contributed by atoms with E-state index in [9.17, 15) is 9.90 Å². The third kappa shape index (κ3) is 4.48. The van der Waals surface area contributed by atoms with Gasteiger partial charge < -0.3 is 20.5 Å². The van der Waals surface area contributed by atoms with Gasteiger partial charge in [0.25, 0.3) is 0 Å². The Bertz CT molecular complexity index is 824. The topological polar surface area (TPSA) is 102 Å². The first-order chi connectivity index (χ1) is 12.7. The summed E-state index contributed by atoms with van der Waals surface area (Å²) in [6.45, 7) is 6.80. The summed E-state index contributed by atoms with van der Waals surface area (Å²) in [5, 5.41) is 18.3. The minimum absolute atomic E-state index is 0.155. The molecule has 3 rings (SSSR count). The molecule has 3 N–H and O–H groups in total. The van der Waals surface area contributed by atoms with Gasteiger partial charge in [0.15, 0.2) is 0 Å². The van der Waals surface area contributed by atoms with Crippen LogP contribution in [0.15, 0.2) is 30.3 Å². The van der Waals surface area contributed by atoms with Crippen LogP contribution in [-0.4, -0.2) is 45.0 Å². The predicted octanol–water partition coefficient (Wildman–Crippen LogP) is 3.55. The average Bonchev–Trinajstić information content (AvgIpc) is 2.61. The van der Waals surface area contributed by atoms with Crippen molar-refractivity contribution in [2.45, 2.75) is 45.1 Å². The standard InChI is InChI=1S/C20H26N4O3/c1-20(2,3)27-19(26)24-10-8-13(9-11-24)15-12-16(22-23-18(15)21)14-6-4-5-7-17(14)25/h4-7,12-13,25H,8-11H2,1-3H3,(H2,21,23). The monoisotopic (exact) mass is 370 g/mol. The van der Waals surface area contributed by atoms with Gasteiger partial charge in [-0.15, -0.1) is 10.2 Å². The fourth-order valence-electron chi connectivity index (χ4n) is 3.26. The van der Waals surface area contributed by atoms with Crippen LogP contribution < -0.4 is 5.73 Å². The normalized spacial score (nSPS) is 15.6. The van der Waals surface area contributed by atoms with Gasteiger partial charge in [0, 0.05) is 24.2 Å². The molecule has 0 aliphatic carbocycles. The van der Waals surface area contributed by atoms with Crippen LogP contribution in [0.5, 0.6) is 5.75 Å². The van der Waals surface area contributed by atoms with Crippen molar-refractivity contribution in [3.8, 4) is 17.0 Å². The van der Waals surface area contributed by atoms with Crippen LogP contribution in [0.2, 0.25) is 0 Å². The Labute approximate surface area is 159 Å². The number of nitrogens with zero attached hydrogens (tertiary/aromatic N) is 3. The molecule has 1 aliphatic heterocycles. The minimum Gasteiger partial charge on any atom is -0.507 e. The van der Waals surface area contributed by atoms with Gasteiger partial charge in [-0.25, -0.2) is 4.79 Å². The number of nitrogens with two attached hydrogens (primary N) is 1. The van der Waals surface area contributed by atoms with Crippen molar-refractivity contribution in [1.29, 1.82) is 0 Å². The van der Waals surface area contributed by atoms with E-state index in [1.54, 1.807) is 23.1 Å². The fourth-order valence-corrected chi connectivity index (χ4v) is 3.26. The Kier molecular flexibility index (Phi) is 5.21. The zero-order chi connectivity index (χ0) is 19.6. The molecule has 1 saturated heterocycles. The first kappa shape index (κ1) is 18.9. The highest BCUT2D eigenvalue weighted by Crippen LogP contribution is 2.35. The number of rotatable bonds is 2. The van der Waals surface area contributed by atoms with Crippen LogP contribution in [0.3, 0.4) is 0 Å². The summed E-state index contributed by atoms with van der Waals surface area (Å²) >= 11 is 0. The number of hydrogen-bond acceptors (Lipinski definition) is 6. The highest BCUT2D eigenvalue weighted by molar-refractivity contribution is 5.69. The molecule has 0 spiro atoms. The number of hydrogen-bond donors (Lipinski definition) is 2. The molecule has 1 fully saturated rings. The summed E-state index contributed by atoms with van der Waals surface area (Å²) in [5.74, 6) is 0.732. The number of likely N-dealkylation sites (tertiary alicyclic amines) is 1. The van der Waals surface area contributed by atoms with Gasteiger partial charge in [-0.3, -0.25) is 0 Å². The van der Waals surface area contributed by atoms with E-state index < -0.39 is 5.60 Å². The zero-order valence-electron chi connectivity index (χ0n) is 16.0. The molecule has 1 aromatic heterocycles. The van der Waals surface area contributed by atoms with Gasteiger partial charge in [-0.2, -0.15) is 0 Å². The molecule has 0 atom stereocenters. The molecule has 1 amide bonds. The number of para-hydroxylation sites is 1. The first-order valence-corrected chi connectivity index (χ1v) is 9.14. The van der Waals surface area contributed by atoms with Crippen molar-refractivity contribution in [3.63, 3.8) is 0 Å². The van der Waals surface area contributed by atoms with E-state index in [4.69, 9.17) is 10.5 Å². The van der Waals surface area contributed by atoms with Crippen molar-refractivity contribution in [1.82, 2.24) is 15.1 Å². The summed E-state index contributed by atoms with van der Waals surface area (Å²) in [6, 6.07) is 8.91. The van der Waals surface area contributed by atoms with E-state index in [0.717, 1.165) is 18.4 Å². The van der Waals surface area contributed by atoms with Crippen molar-refractivity contribution in [2.75, 3.05) is 18.8 Å². The number of amides is 1. The number of aromatic hydroxyl groups is 1. The SMILES string of the molecule is CC(C)(C)OC(=O)N1CCC(c2cc(-c3ccccc3O)nnc2N)CC1. The van der Waals surface area contributed by atoms with Gasteiger partial charge in [-0.1, -0.05) is 12.1 Å². The van der Waals surface area contributed by atoms with E-state index >= 15 is 0 Å². The van der Waals surface area contributed by atoms with Crippen LogP contribution in [-0.2, 0) is 4.74 Å². The van der Waals surface area contributed by atoms with Crippen LogP contribution in [0.25, 0.3) is 11.3 Å². The van der Waals surface area contributed by atoms with Gasteiger partial charge in [-0.05, 0) is 57.7 Å². The highest BCUT2D eigenvalue weighted by atomic mass is 16.6. The number of phenolic OH excluding ortho intramolecular Hbond substituents is 1. The molecule has 2 heterocycles. The van der Waals surface area contributed by atoms with Crippen LogP contribution in [0.1, 0.15) is 45.1 Å². The van der Waals surface area contributed by atoms with Crippen LogP contribution in [0.4, 0.5) is 10.6 Å². The largest absolute Gasteiger partial charge is 0.507 e. The molecule has 0 bridgehead atoms. The lowest BCUT2D eigenvalue weighted by Gasteiger charge is -2.33. The lowest BCUT2D eigenvalue weighted by Crippen LogP contribution is -2.41. The fraction of sp³-hybridized carbons (Fsp3) is 0.450. The van der Waals surface area contributed by atoms with E-state index in [1.165, 1.54) is 0 Å². The molecule has 1 aromatic carbocycles. The van der Waals surface area contributed by atoms with E-state index in [0.29, 0.717) is 30.2 Å². The van der Waals surface area contributed by atoms with E-state index in [-0.39, 0.29) is 17.8 Å². The highest BCUT2D eigenvalue weighted by Gasteiger charge is 2.29. The third-order valence-corrected chi connectivity index (χ3v) is 4.62. The van der Waals surface area contributed by atoms with Gasteiger partial charge in [0.2, 0.25) is 0 Å². The molecule has 2 aromatic rings. The number of piperidine rings is 1. The van der Waals surface area contributed by atoms with Crippen molar-refractivity contribution < 1.29 is 14.6 Å². The Morgan fingerprint density at radius 1 is 1.22 bits per heavy atom. The Morgan fingerprint density at radius 3 is 2.52 bits per heavy atom. The number of nitrogen functional groups attached to an aromatic ring is 1. The number of phenols is 1. The summed E-state index contributed by atoms with van der Waals surface area (Å²) in [4.78, 5) is 14.0. The number of benzene rings is 1. The summed E-state index contributed by atoms with van der Waals surface area (Å²) in [5.41, 5.74) is 7.69. The van der Waals surface area contributed by atoms with E-state index in [2.05, 4.69) is 10.2 Å². The first-order valence-electron chi connectivity index (χ1n) is 9.14. The molecule has 1 aliphatic rings. The number of carbonyl (C=O) groups excluding carboxylic acids is 1. The summed E-state index contributed by atoms with van der Waals surface area (Å²) in [6.07, 6.45) is 1.27. The number of aromatic nitrogens is 2. The molecule has 27 heavy (non-hydrogen) atoms. The minimum atomic E-state index is -0.500. The zero-order valence-corrected chi connectivity index (χ0v) is 16.0. The summed E-state index contributed by atoms with van der Waals surface area (Å²) < 4.78 is 5.44. The Balaban J connectivity index is 1.74. The quantitative estimate of drug-likeness (QED) is 0.838. The second-order valence-corrected chi connectivity index (χ2v) is 7.83. The molecule has 144 valence electrons. The van der Waals surface area contributed by atoms with Crippen LogP contribution in [0, 0.1) is 0 Å². The predicted molar refractivity (Wildman–Crippen MR) is 103 cm³/mol. The van der Waals surface area contributed by atoms with Gasteiger partial charge in [0.05, 0.1) is 5.69 Å². The summed E-state index contributed by atoms with van der Waals surface area (Å²) in [7, 11) is 0. The molecular weight excluding hydrogens is 344 g/mol. The third-order valence-electron chi connectivity index (χ3n) is 4.62. The van der Waals surface area contributed by atoms with Crippen molar-refractivity contribution >= 4 is 11.9 Å². The van der Waals surface area contributed by atoms with E-state index in [1.807, 2.05) is 32.9 Å². The average molecular weight is 370 g/mol. The maximum Gasteiger partial charge on any atom is 0.410 e. The smallest absolute Gasteiger partial charge is 0.410 e. The lowest BCUT2D eigenvalue weighted by molar-refractivity contribution is 0.0205.